The molecule has 0 amide bonds. The Bertz CT molecular complexity index is 444. The van der Waals surface area contributed by atoms with E-state index in [4.69, 9.17) is 9.47 Å². The maximum absolute atomic E-state index is 11.8. The van der Waals surface area contributed by atoms with Crippen LogP contribution in [-0.2, 0) is 9.53 Å². The normalized spacial score (nSPS) is 13.6. The first-order chi connectivity index (χ1) is 9.54. The van der Waals surface area contributed by atoms with Crippen LogP contribution in [-0.4, -0.2) is 30.4 Å². The minimum atomic E-state index is -1.01. The number of carbonyl (C=O) groups excluding carboxylic acids is 1. The number of phenolic OH excluding ortho intramolecular Hbond substituents is 1. The molecule has 1 aromatic carbocycles. The van der Waals surface area contributed by atoms with Gasteiger partial charge in [0.25, 0.3) is 0 Å². The van der Waals surface area contributed by atoms with Crippen molar-refractivity contribution in [2.24, 2.45) is 5.92 Å². The highest BCUT2D eigenvalue weighted by molar-refractivity contribution is 5.73. The SMILES string of the molecule is CCCCC(C(=O)OC)C(O)c1ccc(OC)c(O)c1. The number of aliphatic hydroxyl groups excluding tert-OH is 1. The molecule has 0 aromatic heterocycles. The number of phenols is 1. The number of hydrogen-bond acceptors (Lipinski definition) is 5. The van der Waals surface area contributed by atoms with Crippen molar-refractivity contribution in [1.82, 2.24) is 0 Å². The van der Waals surface area contributed by atoms with Crippen LogP contribution in [0, 0.1) is 5.92 Å². The monoisotopic (exact) mass is 282 g/mol. The average molecular weight is 282 g/mol. The summed E-state index contributed by atoms with van der Waals surface area (Å²) >= 11 is 0. The number of unbranched alkanes of at least 4 members (excludes halogenated alkanes) is 1. The Morgan fingerprint density at radius 3 is 2.55 bits per heavy atom. The lowest BCUT2D eigenvalue weighted by Gasteiger charge is -2.21. The van der Waals surface area contributed by atoms with E-state index in [0.29, 0.717) is 17.7 Å². The van der Waals surface area contributed by atoms with Crippen molar-refractivity contribution >= 4 is 5.97 Å². The molecule has 1 aromatic rings. The predicted octanol–water partition coefficient (Wildman–Crippen LogP) is 2.41. The van der Waals surface area contributed by atoms with Crippen molar-refractivity contribution in [3.8, 4) is 11.5 Å². The quantitative estimate of drug-likeness (QED) is 0.751. The summed E-state index contributed by atoms with van der Waals surface area (Å²) in [5.74, 6) is -0.818. The van der Waals surface area contributed by atoms with Crippen LogP contribution in [0.25, 0.3) is 0 Å². The number of aliphatic hydroxyl groups is 1. The van der Waals surface area contributed by atoms with E-state index in [-0.39, 0.29) is 5.75 Å². The summed E-state index contributed by atoms with van der Waals surface area (Å²) < 4.78 is 9.69. The molecule has 0 bridgehead atoms. The van der Waals surface area contributed by atoms with Crippen LogP contribution in [0.4, 0.5) is 0 Å². The van der Waals surface area contributed by atoms with Gasteiger partial charge in [0.2, 0.25) is 0 Å². The second-order valence-corrected chi connectivity index (χ2v) is 4.65. The second kappa shape index (κ2) is 7.75. The van der Waals surface area contributed by atoms with E-state index in [9.17, 15) is 15.0 Å². The average Bonchev–Trinajstić information content (AvgIpc) is 2.46. The molecule has 0 radical (unpaired) electrons. The number of esters is 1. The smallest absolute Gasteiger partial charge is 0.311 e. The molecule has 20 heavy (non-hydrogen) atoms. The topological polar surface area (TPSA) is 76.0 Å². The number of aromatic hydroxyl groups is 1. The van der Waals surface area contributed by atoms with Gasteiger partial charge in [-0.1, -0.05) is 25.8 Å². The Kier molecular flexibility index (Phi) is 6.31. The van der Waals surface area contributed by atoms with Gasteiger partial charge in [-0.25, -0.2) is 0 Å². The van der Waals surface area contributed by atoms with Gasteiger partial charge in [-0.15, -0.1) is 0 Å². The molecule has 2 N–H and O–H groups in total. The molecule has 0 saturated heterocycles. The Morgan fingerprint density at radius 1 is 1.35 bits per heavy atom. The van der Waals surface area contributed by atoms with Crippen LogP contribution >= 0.6 is 0 Å². The van der Waals surface area contributed by atoms with Gasteiger partial charge < -0.3 is 19.7 Å². The van der Waals surface area contributed by atoms with Crippen molar-refractivity contribution in [3.05, 3.63) is 23.8 Å². The Morgan fingerprint density at radius 2 is 2.05 bits per heavy atom. The van der Waals surface area contributed by atoms with Crippen molar-refractivity contribution in [1.29, 1.82) is 0 Å². The molecule has 5 nitrogen and oxygen atoms in total. The number of benzene rings is 1. The van der Waals surface area contributed by atoms with Crippen LogP contribution in [0.5, 0.6) is 11.5 Å². The lowest BCUT2D eigenvalue weighted by atomic mass is 9.91. The number of hydrogen-bond donors (Lipinski definition) is 2. The summed E-state index contributed by atoms with van der Waals surface area (Å²) in [6, 6.07) is 4.60. The minimum Gasteiger partial charge on any atom is -0.504 e. The third-order valence-electron chi connectivity index (χ3n) is 3.30. The van der Waals surface area contributed by atoms with E-state index in [1.807, 2.05) is 6.92 Å². The van der Waals surface area contributed by atoms with E-state index in [1.54, 1.807) is 12.1 Å². The number of carbonyl (C=O) groups is 1. The zero-order valence-corrected chi connectivity index (χ0v) is 12.1. The van der Waals surface area contributed by atoms with E-state index < -0.39 is 18.0 Å². The van der Waals surface area contributed by atoms with Gasteiger partial charge >= 0.3 is 5.97 Å². The summed E-state index contributed by atoms with van der Waals surface area (Å²) in [5, 5.41) is 20.1. The molecule has 0 fully saturated rings. The third kappa shape index (κ3) is 3.87. The molecule has 0 saturated carbocycles. The van der Waals surface area contributed by atoms with Crippen molar-refractivity contribution in [3.63, 3.8) is 0 Å². The lowest BCUT2D eigenvalue weighted by Crippen LogP contribution is -2.23. The highest BCUT2D eigenvalue weighted by atomic mass is 16.5. The molecule has 0 aliphatic heterocycles. The summed E-state index contributed by atoms with van der Waals surface area (Å²) in [5.41, 5.74) is 0.467. The van der Waals surface area contributed by atoms with E-state index in [0.717, 1.165) is 12.8 Å². The lowest BCUT2D eigenvalue weighted by molar-refractivity contribution is -0.150. The van der Waals surface area contributed by atoms with Gasteiger partial charge in [-0.05, 0) is 24.1 Å². The fourth-order valence-electron chi connectivity index (χ4n) is 2.10. The Hall–Kier alpha value is -1.75. The summed E-state index contributed by atoms with van der Waals surface area (Å²) in [6.45, 7) is 2.01. The highest BCUT2D eigenvalue weighted by Gasteiger charge is 2.28. The standard InChI is InChI=1S/C15H22O5/c1-4-5-6-11(15(18)20-3)14(17)10-7-8-13(19-2)12(16)9-10/h7-9,11,14,16-17H,4-6H2,1-3H3. The molecule has 0 spiro atoms. The maximum atomic E-state index is 11.8. The molecule has 0 aliphatic rings. The van der Waals surface area contributed by atoms with Gasteiger partial charge in [0.1, 0.15) is 0 Å². The van der Waals surface area contributed by atoms with Crippen LogP contribution in [0.1, 0.15) is 37.9 Å². The zero-order chi connectivity index (χ0) is 15.1. The predicted molar refractivity (Wildman–Crippen MR) is 74.6 cm³/mol. The highest BCUT2D eigenvalue weighted by Crippen LogP contribution is 2.33. The molecular weight excluding hydrogens is 260 g/mol. The first-order valence-corrected chi connectivity index (χ1v) is 6.67. The van der Waals surface area contributed by atoms with E-state index >= 15 is 0 Å². The molecular formula is C15H22O5. The van der Waals surface area contributed by atoms with Gasteiger partial charge in [0.05, 0.1) is 26.2 Å². The molecule has 1 rings (SSSR count). The summed E-state index contributed by atoms with van der Waals surface area (Å²) in [6.07, 6.45) is 1.27. The van der Waals surface area contributed by atoms with Gasteiger partial charge in [-0.3, -0.25) is 4.79 Å². The van der Waals surface area contributed by atoms with Crippen LogP contribution < -0.4 is 4.74 Å². The minimum absolute atomic E-state index is 0.0665. The summed E-state index contributed by atoms with van der Waals surface area (Å²) in [7, 11) is 2.75. The number of rotatable bonds is 7. The Labute approximate surface area is 119 Å². The Balaban J connectivity index is 2.95. The first kappa shape index (κ1) is 16.3. The van der Waals surface area contributed by atoms with Crippen LogP contribution in [0.2, 0.25) is 0 Å². The molecule has 5 heteroatoms. The fraction of sp³-hybridized carbons (Fsp3) is 0.533. The van der Waals surface area contributed by atoms with E-state index in [2.05, 4.69) is 0 Å². The molecule has 2 atom stereocenters. The molecule has 112 valence electrons. The van der Waals surface area contributed by atoms with Crippen LogP contribution in [0.15, 0.2) is 18.2 Å². The van der Waals surface area contributed by atoms with Gasteiger partial charge in [0.15, 0.2) is 11.5 Å². The molecule has 2 unspecified atom stereocenters. The van der Waals surface area contributed by atoms with E-state index in [1.165, 1.54) is 20.3 Å². The molecule has 0 heterocycles. The molecule has 0 aliphatic carbocycles. The number of methoxy groups -OCH3 is 2. The van der Waals surface area contributed by atoms with Gasteiger partial charge in [0, 0.05) is 0 Å². The van der Waals surface area contributed by atoms with Gasteiger partial charge in [-0.2, -0.15) is 0 Å². The van der Waals surface area contributed by atoms with Crippen molar-refractivity contribution in [2.45, 2.75) is 32.3 Å². The third-order valence-corrected chi connectivity index (χ3v) is 3.30. The van der Waals surface area contributed by atoms with Crippen molar-refractivity contribution in [2.75, 3.05) is 14.2 Å². The number of ether oxygens (including phenoxy) is 2. The fourth-order valence-corrected chi connectivity index (χ4v) is 2.10. The second-order valence-electron chi connectivity index (χ2n) is 4.65. The maximum Gasteiger partial charge on any atom is 0.311 e. The summed E-state index contributed by atoms with van der Waals surface area (Å²) in [4.78, 5) is 11.8. The first-order valence-electron chi connectivity index (χ1n) is 6.67. The largest absolute Gasteiger partial charge is 0.504 e. The van der Waals surface area contributed by atoms with Crippen LogP contribution in [0.3, 0.4) is 0 Å². The van der Waals surface area contributed by atoms with Crippen molar-refractivity contribution < 1.29 is 24.5 Å². The zero-order valence-electron chi connectivity index (χ0n) is 12.1.